The zero-order valence-electron chi connectivity index (χ0n) is 9.48. The van der Waals surface area contributed by atoms with Gasteiger partial charge in [0.25, 0.3) is 5.91 Å². The third-order valence-electron chi connectivity index (χ3n) is 2.84. The molecule has 0 radical (unpaired) electrons. The maximum Gasteiger partial charge on any atom is 0.287 e. The fraction of sp³-hybridized carbons (Fsp3) is 0.545. The summed E-state index contributed by atoms with van der Waals surface area (Å²) in [5, 5.41) is 2.98. The zero-order chi connectivity index (χ0) is 12.4. The van der Waals surface area contributed by atoms with E-state index >= 15 is 0 Å². The van der Waals surface area contributed by atoms with Crippen molar-refractivity contribution in [2.75, 3.05) is 6.61 Å². The Morgan fingerprint density at radius 3 is 3.00 bits per heavy atom. The fourth-order valence-corrected chi connectivity index (χ4v) is 2.03. The van der Waals surface area contributed by atoms with Crippen molar-refractivity contribution in [3.05, 3.63) is 23.1 Å². The number of rotatable bonds is 4. The Morgan fingerprint density at radius 1 is 1.71 bits per heavy atom. The maximum atomic E-state index is 11.8. The van der Waals surface area contributed by atoms with Crippen molar-refractivity contribution in [1.29, 1.82) is 0 Å². The molecule has 5 nitrogen and oxygen atoms in total. The van der Waals surface area contributed by atoms with Crippen LogP contribution in [0.4, 0.5) is 0 Å². The van der Waals surface area contributed by atoms with Crippen LogP contribution in [0.1, 0.15) is 23.9 Å². The molecule has 0 bridgehead atoms. The van der Waals surface area contributed by atoms with E-state index in [2.05, 4.69) is 5.32 Å². The van der Waals surface area contributed by atoms with Crippen LogP contribution in [0.3, 0.4) is 0 Å². The molecule has 1 fully saturated rings. The van der Waals surface area contributed by atoms with Gasteiger partial charge in [-0.1, -0.05) is 0 Å². The van der Waals surface area contributed by atoms with Gasteiger partial charge >= 0.3 is 0 Å². The zero-order valence-corrected chi connectivity index (χ0v) is 10.2. The van der Waals surface area contributed by atoms with Crippen LogP contribution in [-0.4, -0.2) is 30.7 Å². The van der Waals surface area contributed by atoms with Crippen LogP contribution >= 0.6 is 11.6 Å². The molecular weight excluding hydrogens is 244 g/mol. The van der Waals surface area contributed by atoms with E-state index < -0.39 is 0 Å². The molecule has 0 spiro atoms. The maximum absolute atomic E-state index is 11.8. The summed E-state index contributed by atoms with van der Waals surface area (Å²) < 4.78 is 10.5. The lowest BCUT2D eigenvalue weighted by molar-refractivity contribution is -0.0302. The minimum atomic E-state index is -0.318. The first-order chi connectivity index (χ1) is 8.11. The molecule has 0 aromatic carbocycles. The van der Waals surface area contributed by atoms with Crippen molar-refractivity contribution in [2.45, 2.75) is 31.5 Å². The van der Waals surface area contributed by atoms with Crippen LogP contribution in [0.2, 0.25) is 5.22 Å². The molecule has 1 aromatic heterocycles. The van der Waals surface area contributed by atoms with Crippen molar-refractivity contribution in [2.24, 2.45) is 5.73 Å². The van der Waals surface area contributed by atoms with Gasteiger partial charge in [-0.15, -0.1) is 0 Å². The number of furan rings is 1. The van der Waals surface area contributed by atoms with E-state index in [9.17, 15) is 4.79 Å². The molecule has 1 heterocycles. The van der Waals surface area contributed by atoms with E-state index in [1.54, 1.807) is 0 Å². The van der Waals surface area contributed by atoms with Crippen LogP contribution in [0.5, 0.6) is 0 Å². The van der Waals surface area contributed by atoms with Gasteiger partial charge in [0.05, 0.1) is 12.1 Å². The fourth-order valence-electron chi connectivity index (χ4n) is 1.89. The van der Waals surface area contributed by atoms with Gasteiger partial charge in [-0.05, 0) is 37.1 Å². The number of carbonyl (C=O) groups is 1. The number of amides is 1. The van der Waals surface area contributed by atoms with Gasteiger partial charge in [-0.2, -0.15) is 0 Å². The number of ether oxygens (including phenoxy) is 1. The van der Waals surface area contributed by atoms with Crippen LogP contribution < -0.4 is 11.1 Å². The Kier molecular flexibility index (Phi) is 3.71. The van der Waals surface area contributed by atoms with Crippen molar-refractivity contribution in [3.8, 4) is 0 Å². The molecule has 2 rings (SSSR count). The number of nitrogens with one attached hydrogen (secondary N) is 1. The minimum Gasteiger partial charge on any atom is -0.440 e. The average molecular weight is 259 g/mol. The number of hydrogen-bond acceptors (Lipinski definition) is 4. The molecule has 3 unspecified atom stereocenters. The average Bonchev–Trinajstić information content (AvgIpc) is 2.72. The Balaban J connectivity index is 1.94. The molecule has 3 atom stereocenters. The standard InChI is InChI=1S/C11H15ClN2O3/c1-2-16-8-5-6(13)10(8)14-11(15)7-3-4-9(12)17-7/h3-4,6,8,10H,2,5,13H2,1H3,(H,14,15). The van der Waals surface area contributed by atoms with Gasteiger partial charge in [-0.3, -0.25) is 4.79 Å². The highest BCUT2D eigenvalue weighted by Crippen LogP contribution is 2.23. The van der Waals surface area contributed by atoms with Crippen molar-refractivity contribution in [1.82, 2.24) is 5.32 Å². The lowest BCUT2D eigenvalue weighted by atomic mass is 9.83. The first-order valence-corrected chi connectivity index (χ1v) is 5.93. The molecule has 94 valence electrons. The first-order valence-electron chi connectivity index (χ1n) is 5.55. The van der Waals surface area contributed by atoms with Crippen molar-refractivity contribution in [3.63, 3.8) is 0 Å². The molecule has 0 saturated heterocycles. The summed E-state index contributed by atoms with van der Waals surface area (Å²) in [4.78, 5) is 11.8. The van der Waals surface area contributed by atoms with Gasteiger partial charge < -0.3 is 20.2 Å². The molecule has 0 aliphatic heterocycles. The molecule has 3 N–H and O–H groups in total. The van der Waals surface area contributed by atoms with Crippen LogP contribution in [0, 0.1) is 0 Å². The normalized spacial score (nSPS) is 27.6. The quantitative estimate of drug-likeness (QED) is 0.850. The Labute approximate surface area is 104 Å². The highest BCUT2D eigenvalue weighted by atomic mass is 35.5. The van der Waals surface area contributed by atoms with E-state index in [-0.39, 0.29) is 35.1 Å². The molecule has 17 heavy (non-hydrogen) atoms. The Bertz CT molecular complexity index is 405. The van der Waals surface area contributed by atoms with E-state index in [0.29, 0.717) is 6.61 Å². The lowest BCUT2D eigenvalue weighted by Crippen LogP contribution is -2.64. The van der Waals surface area contributed by atoms with Gasteiger partial charge in [0.15, 0.2) is 11.0 Å². The number of nitrogens with two attached hydrogens (primary N) is 1. The third-order valence-corrected chi connectivity index (χ3v) is 3.04. The second-order valence-corrected chi connectivity index (χ2v) is 4.37. The summed E-state index contributed by atoms with van der Waals surface area (Å²) >= 11 is 5.60. The van der Waals surface area contributed by atoms with E-state index in [0.717, 1.165) is 6.42 Å². The molecule has 1 aliphatic rings. The number of hydrogen-bond donors (Lipinski definition) is 2. The minimum absolute atomic E-state index is 0.00983. The van der Waals surface area contributed by atoms with Crippen LogP contribution in [0.15, 0.2) is 16.5 Å². The monoisotopic (exact) mass is 258 g/mol. The molecule has 1 saturated carbocycles. The van der Waals surface area contributed by atoms with Gasteiger partial charge in [0.2, 0.25) is 0 Å². The third kappa shape index (κ3) is 2.62. The summed E-state index contributed by atoms with van der Waals surface area (Å²) in [6.45, 7) is 2.52. The molecule has 1 aromatic rings. The first kappa shape index (κ1) is 12.4. The lowest BCUT2D eigenvalue weighted by Gasteiger charge is -2.42. The molecule has 1 aliphatic carbocycles. The SMILES string of the molecule is CCOC1CC(N)C1NC(=O)c1ccc(Cl)o1. The van der Waals surface area contributed by atoms with Gasteiger partial charge in [0.1, 0.15) is 0 Å². The van der Waals surface area contributed by atoms with Crippen LogP contribution in [0.25, 0.3) is 0 Å². The van der Waals surface area contributed by atoms with E-state index in [4.69, 9.17) is 26.5 Å². The highest BCUT2D eigenvalue weighted by Gasteiger charge is 2.40. The summed E-state index contributed by atoms with van der Waals surface area (Å²) in [6, 6.07) is 2.82. The highest BCUT2D eigenvalue weighted by molar-refractivity contribution is 6.29. The molecular formula is C11H15ClN2O3. The van der Waals surface area contributed by atoms with E-state index in [1.165, 1.54) is 12.1 Å². The number of carbonyl (C=O) groups excluding carboxylic acids is 1. The second-order valence-electron chi connectivity index (χ2n) is 4.00. The Morgan fingerprint density at radius 2 is 2.47 bits per heavy atom. The predicted molar refractivity (Wildman–Crippen MR) is 63.0 cm³/mol. The topological polar surface area (TPSA) is 77.5 Å². The van der Waals surface area contributed by atoms with Gasteiger partial charge in [0, 0.05) is 12.6 Å². The second kappa shape index (κ2) is 5.08. The van der Waals surface area contributed by atoms with Gasteiger partial charge in [-0.25, -0.2) is 0 Å². The smallest absolute Gasteiger partial charge is 0.287 e. The number of halogens is 1. The summed E-state index contributed by atoms with van der Waals surface area (Å²) in [5.41, 5.74) is 5.82. The summed E-state index contributed by atoms with van der Waals surface area (Å²) in [5.74, 6) is -0.133. The largest absolute Gasteiger partial charge is 0.440 e. The van der Waals surface area contributed by atoms with E-state index in [1.807, 2.05) is 6.92 Å². The predicted octanol–water partition coefficient (Wildman–Crippen LogP) is 1.17. The molecule has 6 heteroatoms. The van der Waals surface area contributed by atoms with Crippen molar-refractivity contribution < 1.29 is 13.9 Å². The summed E-state index contributed by atoms with van der Waals surface area (Å²) in [7, 11) is 0. The summed E-state index contributed by atoms with van der Waals surface area (Å²) in [6.07, 6.45) is 0.752. The van der Waals surface area contributed by atoms with Crippen LogP contribution in [-0.2, 0) is 4.74 Å². The van der Waals surface area contributed by atoms with Crippen molar-refractivity contribution >= 4 is 17.5 Å². The molecule has 1 amide bonds. The Hall–Kier alpha value is -1.04.